The number of nitrogens with two attached hydrogens (primary N) is 1. The number of halogens is 1. The zero-order chi connectivity index (χ0) is 18.8. The SMILES string of the molecule is Cc1cccc(NC(=O)c2nc(C)n(-c3ccc(Cl)cc3)n2)c1C(N)=O. The van der Waals surface area contributed by atoms with Crippen molar-refractivity contribution in [2.45, 2.75) is 13.8 Å². The van der Waals surface area contributed by atoms with Crippen LogP contribution in [0.1, 0.15) is 32.4 Å². The third-order valence-electron chi connectivity index (χ3n) is 3.81. The molecule has 0 aliphatic heterocycles. The van der Waals surface area contributed by atoms with Crippen molar-refractivity contribution < 1.29 is 9.59 Å². The van der Waals surface area contributed by atoms with Crippen molar-refractivity contribution in [2.75, 3.05) is 5.32 Å². The molecule has 1 aromatic heterocycles. The number of amides is 2. The van der Waals surface area contributed by atoms with Gasteiger partial charge in [-0.1, -0.05) is 23.7 Å². The van der Waals surface area contributed by atoms with Crippen LogP contribution in [-0.4, -0.2) is 26.6 Å². The van der Waals surface area contributed by atoms with Gasteiger partial charge in [0.1, 0.15) is 5.82 Å². The van der Waals surface area contributed by atoms with Gasteiger partial charge in [0.15, 0.2) is 0 Å². The van der Waals surface area contributed by atoms with E-state index in [2.05, 4.69) is 15.4 Å². The Hall–Kier alpha value is -3.19. The van der Waals surface area contributed by atoms with Crippen LogP contribution in [0.2, 0.25) is 5.02 Å². The van der Waals surface area contributed by atoms with Crippen molar-refractivity contribution in [3.63, 3.8) is 0 Å². The number of aryl methyl sites for hydroxylation is 2. The Bertz CT molecular complexity index is 995. The molecule has 2 amide bonds. The average molecular weight is 370 g/mol. The Labute approximate surface area is 154 Å². The molecule has 0 saturated heterocycles. The number of carbonyl (C=O) groups is 2. The highest BCUT2D eigenvalue weighted by Crippen LogP contribution is 2.20. The van der Waals surface area contributed by atoms with E-state index in [4.69, 9.17) is 17.3 Å². The summed E-state index contributed by atoms with van der Waals surface area (Å²) in [6.45, 7) is 3.48. The fourth-order valence-electron chi connectivity index (χ4n) is 2.59. The maximum atomic E-state index is 12.5. The van der Waals surface area contributed by atoms with Crippen molar-refractivity contribution in [2.24, 2.45) is 5.73 Å². The molecule has 3 aromatic rings. The molecule has 0 radical (unpaired) electrons. The Morgan fingerprint density at radius 2 is 1.81 bits per heavy atom. The van der Waals surface area contributed by atoms with Crippen LogP contribution in [0.25, 0.3) is 5.69 Å². The molecule has 2 aromatic carbocycles. The minimum atomic E-state index is -0.616. The van der Waals surface area contributed by atoms with Gasteiger partial charge < -0.3 is 11.1 Å². The molecule has 0 aliphatic rings. The van der Waals surface area contributed by atoms with Crippen LogP contribution < -0.4 is 11.1 Å². The van der Waals surface area contributed by atoms with Gasteiger partial charge in [-0.25, -0.2) is 9.67 Å². The summed E-state index contributed by atoms with van der Waals surface area (Å²) in [6, 6.07) is 12.1. The highest BCUT2D eigenvalue weighted by Gasteiger charge is 2.18. The molecular weight excluding hydrogens is 354 g/mol. The molecule has 0 bridgehead atoms. The third-order valence-corrected chi connectivity index (χ3v) is 4.06. The first-order valence-corrected chi connectivity index (χ1v) is 8.15. The minimum Gasteiger partial charge on any atom is -0.366 e. The van der Waals surface area contributed by atoms with Gasteiger partial charge in [-0.2, -0.15) is 0 Å². The van der Waals surface area contributed by atoms with E-state index in [0.29, 0.717) is 22.1 Å². The molecule has 3 rings (SSSR count). The molecule has 7 nitrogen and oxygen atoms in total. The number of carbonyl (C=O) groups excluding carboxylic acids is 2. The second kappa shape index (κ2) is 6.97. The minimum absolute atomic E-state index is 0.0191. The topological polar surface area (TPSA) is 103 Å². The van der Waals surface area contributed by atoms with Gasteiger partial charge in [0.05, 0.1) is 16.9 Å². The summed E-state index contributed by atoms with van der Waals surface area (Å²) in [5.41, 5.74) is 7.39. The molecule has 0 atom stereocenters. The normalized spacial score (nSPS) is 10.6. The van der Waals surface area contributed by atoms with Gasteiger partial charge in [0.2, 0.25) is 5.82 Å². The van der Waals surface area contributed by atoms with E-state index in [9.17, 15) is 9.59 Å². The quantitative estimate of drug-likeness (QED) is 0.737. The van der Waals surface area contributed by atoms with E-state index in [1.165, 1.54) is 4.68 Å². The molecule has 0 unspecified atom stereocenters. The van der Waals surface area contributed by atoms with Gasteiger partial charge in [0, 0.05) is 5.02 Å². The molecule has 132 valence electrons. The van der Waals surface area contributed by atoms with Gasteiger partial charge in [-0.05, 0) is 49.7 Å². The standard InChI is InChI=1S/C18H16ClN5O2/c1-10-4-3-5-14(15(10)16(20)25)22-18(26)17-21-11(2)24(23-17)13-8-6-12(19)7-9-13/h3-9H,1-2H3,(H2,20,25)(H,22,26). The molecule has 26 heavy (non-hydrogen) atoms. The fourth-order valence-corrected chi connectivity index (χ4v) is 2.72. The van der Waals surface area contributed by atoms with Crippen LogP contribution >= 0.6 is 11.6 Å². The number of aromatic nitrogens is 3. The first kappa shape index (κ1) is 17.6. The summed E-state index contributed by atoms with van der Waals surface area (Å²) in [4.78, 5) is 28.4. The molecule has 0 spiro atoms. The largest absolute Gasteiger partial charge is 0.366 e. The predicted molar refractivity (Wildman–Crippen MR) is 98.8 cm³/mol. The Balaban J connectivity index is 1.91. The molecule has 8 heteroatoms. The number of hydrogen-bond donors (Lipinski definition) is 2. The number of primary amides is 1. The summed E-state index contributed by atoms with van der Waals surface area (Å²) in [5.74, 6) is -0.630. The van der Waals surface area contributed by atoms with Gasteiger partial charge in [0.25, 0.3) is 11.8 Å². The molecule has 0 saturated carbocycles. The van der Waals surface area contributed by atoms with Crippen LogP contribution in [0.15, 0.2) is 42.5 Å². The smallest absolute Gasteiger partial charge is 0.295 e. The van der Waals surface area contributed by atoms with Crippen LogP contribution in [0, 0.1) is 13.8 Å². The number of rotatable bonds is 4. The molecule has 0 fully saturated rings. The summed E-state index contributed by atoms with van der Waals surface area (Å²) < 4.78 is 1.54. The van der Waals surface area contributed by atoms with Crippen molar-refractivity contribution in [3.05, 3.63) is 70.3 Å². The summed E-state index contributed by atoms with van der Waals surface area (Å²) >= 11 is 5.89. The first-order chi connectivity index (χ1) is 12.4. The second-order valence-electron chi connectivity index (χ2n) is 5.69. The van der Waals surface area contributed by atoms with E-state index in [1.807, 2.05) is 0 Å². The van der Waals surface area contributed by atoms with Crippen molar-refractivity contribution >= 4 is 29.1 Å². The number of nitrogens with one attached hydrogen (secondary N) is 1. The van der Waals surface area contributed by atoms with Crippen molar-refractivity contribution in [1.82, 2.24) is 14.8 Å². The lowest BCUT2D eigenvalue weighted by Gasteiger charge is -2.09. The fraction of sp³-hybridized carbons (Fsp3) is 0.111. The van der Waals surface area contributed by atoms with Crippen LogP contribution in [0.5, 0.6) is 0 Å². The maximum Gasteiger partial charge on any atom is 0.295 e. The lowest BCUT2D eigenvalue weighted by atomic mass is 10.1. The van der Waals surface area contributed by atoms with Crippen molar-refractivity contribution in [1.29, 1.82) is 0 Å². The van der Waals surface area contributed by atoms with E-state index < -0.39 is 11.8 Å². The highest BCUT2D eigenvalue weighted by molar-refractivity contribution is 6.30. The van der Waals surface area contributed by atoms with Crippen molar-refractivity contribution in [3.8, 4) is 5.69 Å². The van der Waals surface area contributed by atoms with E-state index >= 15 is 0 Å². The maximum absolute atomic E-state index is 12.5. The molecule has 3 N–H and O–H groups in total. The van der Waals surface area contributed by atoms with Gasteiger partial charge >= 0.3 is 0 Å². The number of benzene rings is 2. The average Bonchev–Trinajstić information content (AvgIpc) is 2.97. The molecule has 1 heterocycles. The molecule has 0 aliphatic carbocycles. The number of hydrogen-bond acceptors (Lipinski definition) is 4. The zero-order valence-electron chi connectivity index (χ0n) is 14.2. The predicted octanol–water partition coefficient (Wildman–Crippen LogP) is 2.89. The highest BCUT2D eigenvalue weighted by atomic mass is 35.5. The lowest BCUT2D eigenvalue weighted by Crippen LogP contribution is -2.20. The first-order valence-electron chi connectivity index (χ1n) is 7.77. The Kier molecular flexibility index (Phi) is 4.73. The van der Waals surface area contributed by atoms with Gasteiger partial charge in [-0.3, -0.25) is 9.59 Å². The number of anilines is 1. The monoisotopic (exact) mass is 369 g/mol. The van der Waals surface area contributed by atoms with Crippen LogP contribution in [0.3, 0.4) is 0 Å². The second-order valence-corrected chi connectivity index (χ2v) is 6.12. The van der Waals surface area contributed by atoms with E-state index in [0.717, 1.165) is 5.69 Å². The van der Waals surface area contributed by atoms with Crippen LogP contribution in [0.4, 0.5) is 5.69 Å². The van der Waals surface area contributed by atoms with E-state index in [1.54, 1.807) is 56.3 Å². The van der Waals surface area contributed by atoms with Gasteiger partial charge in [-0.15, -0.1) is 5.10 Å². The summed E-state index contributed by atoms with van der Waals surface area (Å²) in [7, 11) is 0. The number of nitrogens with zero attached hydrogens (tertiary/aromatic N) is 3. The third kappa shape index (κ3) is 3.43. The Morgan fingerprint density at radius 3 is 2.46 bits per heavy atom. The Morgan fingerprint density at radius 1 is 1.12 bits per heavy atom. The summed E-state index contributed by atoms with van der Waals surface area (Å²) in [5, 5.41) is 7.49. The van der Waals surface area contributed by atoms with Crippen LogP contribution in [-0.2, 0) is 0 Å². The zero-order valence-corrected chi connectivity index (χ0v) is 14.9. The summed E-state index contributed by atoms with van der Waals surface area (Å²) in [6.07, 6.45) is 0. The molecular formula is C18H16ClN5O2. The van der Waals surface area contributed by atoms with E-state index in [-0.39, 0.29) is 11.4 Å². The lowest BCUT2D eigenvalue weighted by molar-refractivity contribution is 0.100.